The van der Waals surface area contributed by atoms with Gasteiger partial charge in [-0.15, -0.1) is 0 Å². The number of carbonyl (C=O) groups excluding carboxylic acids is 1. The fraction of sp³-hybridized carbons (Fsp3) is 0.562. The van der Waals surface area contributed by atoms with Crippen molar-refractivity contribution in [1.29, 1.82) is 0 Å². The number of hydrogen-bond donors (Lipinski definition) is 3. The van der Waals surface area contributed by atoms with Crippen molar-refractivity contribution in [3.05, 3.63) is 35.4 Å². The molecular weight excluding hydrogens is 252 g/mol. The van der Waals surface area contributed by atoms with E-state index in [0.29, 0.717) is 18.2 Å². The molecule has 0 saturated heterocycles. The average molecular weight is 276 g/mol. The van der Waals surface area contributed by atoms with E-state index in [1.165, 1.54) is 0 Å². The molecule has 0 radical (unpaired) electrons. The molecule has 0 aliphatic heterocycles. The topological polar surface area (TPSA) is 61.4 Å². The van der Waals surface area contributed by atoms with E-state index < -0.39 is 0 Å². The zero-order valence-electron chi connectivity index (χ0n) is 12.4. The molecule has 1 fully saturated rings. The zero-order valence-corrected chi connectivity index (χ0v) is 12.4. The molecule has 0 spiro atoms. The van der Waals surface area contributed by atoms with Gasteiger partial charge in [-0.3, -0.25) is 4.79 Å². The third kappa shape index (κ3) is 3.19. The molecular formula is C16H24N2O2. The first-order chi connectivity index (χ1) is 9.41. The Balaban J connectivity index is 1.69. The highest BCUT2D eigenvalue weighted by atomic mass is 16.3. The molecule has 4 nitrogen and oxygen atoms in total. The van der Waals surface area contributed by atoms with E-state index in [1.807, 2.05) is 31.2 Å². The molecule has 2 rings (SSSR count). The first-order valence-electron chi connectivity index (χ1n) is 7.17. The Hall–Kier alpha value is -1.39. The lowest BCUT2D eigenvalue weighted by Crippen LogP contribution is -2.60. The van der Waals surface area contributed by atoms with Crippen molar-refractivity contribution in [2.75, 3.05) is 13.1 Å². The highest BCUT2D eigenvalue weighted by Gasteiger charge is 2.46. The van der Waals surface area contributed by atoms with E-state index in [0.717, 1.165) is 18.5 Å². The molecule has 1 aliphatic carbocycles. The van der Waals surface area contributed by atoms with Crippen LogP contribution in [0.2, 0.25) is 0 Å². The number of aryl methyl sites for hydroxylation is 1. The van der Waals surface area contributed by atoms with Crippen molar-refractivity contribution < 1.29 is 9.90 Å². The Morgan fingerprint density at radius 2 is 1.95 bits per heavy atom. The number of rotatable bonds is 5. The molecule has 1 amide bonds. The standard InChI is InChI=1S/C16H24N2O2/c1-11-4-6-12(7-5-11)15(20)18-9-8-17-13-10-14(19)16(13,2)3/h4-7,13-14,17,19H,8-10H2,1-3H3,(H,18,20). The molecule has 2 atom stereocenters. The number of aliphatic hydroxyl groups is 1. The summed E-state index contributed by atoms with van der Waals surface area (Å²) < 4.78 is 0. The summed E-state index contributed by atoms with van der Waals surface area (Å²) in [6.07, 6.45) is 0.570. The van der Waals surface area contributed by atoms with Gasteiger partial charge in [0.25, 0.3) is 5.91 Å². The summed E-state index contributed by atoms with van der Waals surface area (Å²) in [7, 11) is 0. The number of amides is 1. The Morgan fingerprint density at radius 3 is 2.50 bits per heavy atom. The van der Waals surface area contributed by atoms with Gasteiger partial charge in [0, 0.05) is 30.1 Å². The van der Waals surface area contributed by atoms with Gasteiger partial charge in [0.05, 0.1) is 6.10 Å². The van der Waals surface area contributed by atoms with Crippen LogP contribution >= 0.6 is 0 Å². The zero-order chi connectivity index (χ0) is 14.8. The molecule has 0 bridgehead atoms. The summed E-state index contributed by atoms with van der Waals surface area (Å²) >= 11 is 0. The van der Waals surface area contributed by atoms with E-state index in [9.17, 15) is 9.90 Å². The van der Waals surface area contributed by atoms with Crippen molar-refractivity contribution in [3.8, 4) is 0 Å². The van der Waals surface area contributed by atoms with Crippen molar-refractivity contribution in [1.82, 2.24) is 10.6 Å². The van der Waals surface area contributed by atoms with Crippen molar-refractivity contribution in [2.45, 2.75) is 39.3 Å². The number of benzene rings is 1. The molecule has 3 N–H and O–H groups in total. The molecule has 20 heavy (non-hydrogen) atoms. The van der Waals surface area contributed by atoms with Gasteiger partial charge < -0.3 is 15.7 Å². The summed E-state index contributed by atoms with van der Waals surface area (Å²) in [5, 5.41) is 15.9. The Morgan fingerprint density at radius 1 is 1.30 bits per heavy atom. The molecule has 1 saturated carbocycles. The summed E-state index contributed by atoms with van der Waals surface area (Å²) in [5.74, 6) is -0.0419. The fourth-order valence-corrected chi connectivity index (χ4v) is 2.48. The fourth-order valence-electron chi connectivity index (χ4n) is 2.48. The molecule has 0 aromatic heterocycles. The van der Waals surface area contributed by atoms with Crippen molar-refractivity contribution in [2.24, 2.45) is 5.41 Å². The molecule has 110 valence electrons. The quantitative estimate of drug-likeness (QED) is 0.714. The minimum atomic E-state index is -0.220. The summed E-state index contributed by atoms with van der Waals surface area (Å²) in [6, 6.07) is 7.87. The van der Waals surface area contributed by atoms with Crippen LogP contribution in [-0.4, -0.2) is 36.2 Å². The smallest absolute Gasteiger partial charge is 0.251 e. The largest absolute Gasteiger partial charge is 0.392 e. The van der Waals surface area contributed by atoms with E-state index >= 15 is 0 Å². The Kier molecular flexibility index (Phi) is 4.45. The second-order valence-corrected chi connectivity index (χ2v) is 6.20. The van der Waals surface area contributed by atoms with Crippen LogP contribution in [0.4, 0.5) is 0 Å². The van der Waals surface area contributed by atoms with Gasteiger partial charge in [-0.1, -0.05) is 31.5 Å². The first-order valence-corrected chi connectivity index (χ1v) is 7.17. The lowest BCUT2D eigenvalue weighted by atomic mass is 9.64. The summed E-state index contributed by atoms with van der Waals surface area (Å²) in [4.78, 5) is 11.9. The highest BCUT2D eigenvalue weighted by molar-refractivity contribution is 5.94. The van der Waals surface area contributed by atoms with Gasteiger partial charge in [-0.25, -0.2) is 0 Å². The van der Waals surface area contributed by atoms with Gasteiger partial charge in [0.1, 0.15) is 0 Å². The first kappa shape index (κ1) is 15.0. The van der Waals surface area contributed by atoms with Crippen LogP contribution in [0.5, 0.6) is 0 Å². The van der Waals surface area contributed by atoms with Gasteiger partial charge >= 0.3 is 0 Å². The van der Waals surface area contributed by atoms with Crippen LogP contribution in [-0.2, 0) is 0 Å². The number of carbonyl (C=O) groups is 1. The van der Waals surface area contributed by atoms with E-state index in [4.69, 9.17) is 0 Å². The third-order valence-electron chi connectivity index (χ3n) is 4.33. The summed E-state index contributed by atoms with van der Waals surface area (Å²) in [5.41, 5.74) is 1.77. The predicted molar refractivity (Wildman–Crippen MR) is 79.7 cm³/mol. The van der Waals surface area contributed by atoms with Gasteiger partial charge in [0.15, 0.2) is 0 Å². The molecule has 0 heterocycles. The van der Waals surface area contributed by atoms with Gasteiger partial charge in [-0.05, 0) is 25.5 Å². The third-order valence-corrected chi connectivity index (χ3v) is 4.33. The maximum atomic E-state index is 11.9. The minimum absolute atomic E-state index is 0.0419. The number of nitrogens with one attached hydrogen (secondary N) is 2. The van der Waals surface area contributed by atoms with E-state index in [1.54, 1.807) is 0 Å². The average Bonchev–Trinajstić information content (AvgIpc) is 2.42. The van der Waals surface area contributed by atoms with E-state index in [2.05, 4.69) is 24.5 Å². The van der Waals surface area contributed by atoms with Crippen LogP contribution < -0.4 is 10.6 Å². The molecule has 1 aliphatic rings. The Bertz CT molecular complexity index is 468. The Labute approximate surface area is 120 Å². The van der Waals surface area contributed by atoms with Crippen molar-refractivity contribution in [3.63, 3.8) is 0 Å². The monoisotopic (exact) mass is 276 g/mol. The summed E-state index contributed by atoms with van der Waals surface area (Å²) in [6.45, 7) is 7.43. The molecule has 1 aromatic rings. The normalized spacial score (nSPS) is 24.0. The van der Waals surface area contributed by atoms with Crippen molar-refractivity contribution >= 4 is 5.91 Å². The number of hydrogen-bond acceptors (Lipinski definition) is 3. The van der Waals surface area contributed by atoms with E-state index in [-0.39, 0.29) is 17.4 Å². The van der Waals surface area contributed by atoms with Crippen LogP contribution in [0.25, 0.3) is 0 Å². The maximum Gasteiger partial charge on any atom is 0.251 e. The van der Waals surface area contributed by atoms with Gasteiger partial charge in [-0.2, -0.15) is 0 Å². The lowest BCUT2D eigenvalue weighted by Gasteiger charge is -2.49. The minimum Gasteiger partial charge on any atom is -0.392 e. The SMILES string of the molecule is Cc1ccc(C(=O)NCCNC2CC(O)C2(C)C)cc1. The molecule has 4 heteroatoms. The second-order valence-electron chi connectivity index (χ2n) is 6.20. The van der Waals surface area contributed by atoms with Crippen LogP contribution in [0.15, 0.2) is 24.3 Å². The highest BCUT2D eigenvalue weighted by Crippen LogP contribution is 2.40. The number of aliphatic hydroxyl groups excluding tert-OH is 1. The molecule has 1 aromatic carbocycles. The second kappa shape index (κ2) is 5.94. The lowest BCUT2D eigenvalue weighted by molar-refractivity contribution is -0.0720. The van der Waals surface area contributed by atoms with Crippen LogP contribution in [0.1, 0.15) is 36.2 Å². The van der Waals surface area contributed by atoms with Gasteiger partial charge in [0.2, 0.25) is 0 Å². The maximum absolute atomic E-state index is 11.9. The molecule has 2 unspecified atom stereocenters. The predicted octanol–water partition coefficient (Wildman–Crippen LogP) is 1.47. The van der Waals surface area contributed by atoms with Crippen LogP contribution in [0, 0.1) is 12.3 Å². The van der Waals surface area contributed by atoms with Crippen LogP contribution in [0.3, 0.4) is 0 Å².